The van der Waals surface area contributed by atoms with Crippen LogP contribution in [-0.2, 0) is 6.42 Å². The van der Waals surface area contributed by atoms with Gasteiger partial charge in [-0.2, -0.15) is 0 Å². The largest absolute Gasteiger partial charge is 0.338 e. The lowest BCUT2D eigenvalue weighted by Crippen LogP contribution is -2.44. The summed E-state index contributed by atoms with van der Waals surface area (Å²) < 4.78 is 0. The van der Waals surface area contributed by atoms with Crippen LogP contribution in [0.15, 0.2) is 48.7 Å². The number of nitrogens with one attached hydrogen (secondary N) is 2. The normalized spacial score (nSPS) is 27.1. The second kappa shape index (κ2) is 9.39. The Morgan fingerprint density at radius 1 is 0.935 bits per heavy atom. The summed E-state index contributed by atoms with van der Waals surface area (Å²) in [6, 6.07) is 16.6. The van der Waals surface area contributed by atoms with Crippen LogP contribution < -0.4 is 10.6 Å². The molecule has 1 aliphatic carbocycles. The van der Waals surface area contributed by atoms with Crippen LogP contribution in [0, 0.1) is 5.92 Å². The van der Waals surface area contributed by atoms with Crippen LogP contribution in [0.1, 0.15) is 73.9 Å². The van der Waals surface area contributed by atoms with Gasteiger partial charge in [-0.15, -0.1) is 0 Å². The standard InChI is InChI=1S/C26H34N4O/c31-26(28-17-14-20-5-3-4-16-27-20)29-21-10-8-19(9-11-21)15-18-30-24-12-13-25(30)23-7-2-1-6-22(23)24/h1-7,16,19,21,24-25H,8-15,17-18H2,(H2,28,29,31). The lowest BCUT2D eigenvalue weighted by molar-refractivity contribution is 0.185. The van der Waals surface area contributed by atoms with Gasteiger partial charge in [-0.25, -0.2) is 4.79 Å². The Kier molecular flexibility index (Phi) is 6.21. The molecule has 0 radical (unpaired) electrons. The predicted octanol–water partition coefficient (Wildman–Crippen LogP) is 4.76. The second-order valence-corrected chi connectivity index (χ2v) is 9.45. The highest BCUT2D eigenvalue weighted by Crippen LogP contribution is 2.53. The molecule has 2 aliphatic heterocycles. The van der Waals surface area contributed by atoms with Crippen molar-refractivity contribution in [3.63, 3.8) is 0 Å². The van der Waals surface area contributed by atoms with E-state index in [9.17, 15) is 4.79 Å². The molecule has 2 amide bonds. The molecule has 31 heavy (non-hydrogen) atoms. The third kappa shape index (κ3) is 4.62. The van der Waals surface area contributed by atoms with E-state index in [1.807, 2.05) is 18.2 Å². The molecule has 3 aliphatic rings. The van der Waals surface area contributed by atoms with Crippen LogP contribution in [-0.4, -0.2) is 35.0 Å². The molecule has 2 atom stereocenters. The van der Waals surface area contributed by atoms with Gasteiger partial charge in [-0.3, -0.25) is 9.88 Å². The first-order valence-corrected chi connectivity index (χ1v) is 12.1. The highest BCUT2D eigenvalue weighted by atomic mass is 16.2. The van der Waals surface area contributed by atoms with Crippen LogP contribution in [0.5, 0.6) is 0 Å². The van der Waals surface area contributed by atoms with E-state index in [1.165, 1.54) is 38.6 Å². The van der Waals surface area contributed by atoms with Crippen molar-refractivity contribution in [3.8, 4) is 0 Å². The maximum atomic E-state index is 12.2. The summed E-state index contributed by atoms with van der Waals surface area (Å²) in [5.41, 5.74) is 4.18. The number of hydrogen-bond acceptors (Lipinski definition) is 3. The maximum absolute atomic E-state index is 12.2. The first-order valence-electron chi connectivity index (χ1n) is 12.1. The van der Waals surface area contributed by atoms with Crippen LogP contribution in [0.25, 0.3) is 0 Å². The minimum atomic E-state index is -0.0363. The third-order valence-corrected chi connectivity index (χ3v) is 7.60. The number of urea groups is 1. The molecule has 5 heteroatoms. The summed E-state index contributed by atoms with van der Waals surface area (Å²) in [6.45, 7) is 1.85. The average Bonchev–Trinajstić information content (AvgIpc) is 3.36. The quantitative estimate of drug-likeness (QED) is 0.681. The summed E-state index contributed by atoms with van der Waals surface area (Å²) in [7, 11) is 0. The number of aromatic nitrogens is 1. The molecule has 1 saturated carbocycles. The second-order valence-electron chi connectivity index (χ2n) is 9.45. The molecule has 5 nitrogen and oxygen atoms in total. The lowest BCUT2D eigenvalue weighted by atomic mass is 9.84. The molecular weight excluding hydrogens is 384 g/mol. The van der Waals surface area contributed by atoms with Crippen molar-refractivity contribution in [1.82, 2.24) is 20.5 Å². The highest BCUT2D eigenvalue weighted by Gasteiger charge is 2.43. The van der Waals surface area contributed by atoms with Gasteiger partial charge in [0.2, 0.25) is 0 Å². The summed E-state index contributed by atoms with van der Waals surface area (Å²) in [5.74, 6) is 0.799. The van der Waals surface area contributed by atoms with Crippen LogP contribution >= 0.6 is 0 Å². The number of fused-ring (bicyclic) bond motifs is 5. The number of amides is 2. The summed E-state index contributed by atoms with van der Waals surface area (Å²) >= 11 is 0. The van der Waals surface area contributed by atoms with Crippen molar-refractivity contribution in [2.75, 3.05) is 13.1 Å². The van der Waals surface area contributed by atoms with Gasteiger partial charge in [0.15, 0.2) is 0 Å². The van der Waals surface area contributed by atoms with Gasteiger partial charge in [0.1, 0.15) is 0 Å². The number of hydrogen-bond donors (Lipinski definition) is 2. The van der Waals surface area contributed by atoms with E-state index in [0.29, 0.717) is 24.7 Å². The predicted molar refractivity (Wildman–Crippen MR) is 123 cm³/mol. The highest BCUT2D eigenvalue weighted by molar-refractivity contribution is 5.74. The Balaban J connectivity index is 1.00. The fraction of sp³-hybridized carbons (Fsp3) is 0.538. The molecule has 1 aromatic carbocycles. The van der Waals surface area contributed by atoms with E-state index < -0.39 is 0 Å². The van der Waals surface area contributed by atoms with Gasteiger partial charge in [0.25, 0.3) is 0 Å². The summed E-state index contributed by atoms with van der Waals surface area (Å²) in [6.07, 6.45) is 11.2. The SMILES string of the molecule is O=C(NCCc1ccccn1)NC1CCC(CCN2C3CCC2c2ccccc23)CC1. The number of nitrogens with zero attached hydrogens (tertiary/aromatic N) is 2. The maximum Gasteiger partial charge on any atom is 0.315 e. The molecule has 2 bridgehead atoms. The number of rotatable bonds is 7. The zero-order valence-corrected chi connectivity index (χ0v) is 18.3. The van der Waals surface area contributed by atoms with Crippen molar-refractivity contribution < 1.29 is 4.79 Å². The Morgan fingerprint density at radius 3 is 2.32 bits per heavy atom. The minimum absolute atomic E-state index is 0.0363. The Hall–Kier alpha value is -2.40. The summed E-state index contributed by atoms with van der Waals surface area (Å²) in [4.78, 5) is 19.3. The molecular formula is C26H34N4O. The van der Waals surface area contributed by atoms with E-state index in [0.717, 1.165) is 30.9 Å². The van der Waals surface area contributed by atoms with E-state index in [2.05, 4.69) is 44.8 Å². The number of carbonyl (C=O) groups excluding carboxylic acids is 1. The van der Waals surface area contributed by atoms with Gasteiger partial charge in [-0.05, 0) is 80.7 Å². The van der Waals surface area contributed by atoms with Gasteiger partial charge in [0.05, 0.1) is 0 Å². The molecule has 1 aromatic heterocycles. The molecule has 2 aromatic rings. The number of carbonyl (C=O) groups is 1. The van der Waals surface area contributed by atoms with Gasteiger partial charge >= 0.3 is 6.03 Å². The van der Waals surface area contributed by atoms with Crippen molar-refractivity contribution in [2.45, 2.75) is 69.5 Å². The topological polar surface area (TPSA) is 57.3 Å². The van der Waals surface area contributed by atoms with Crippen molar-refractivity contribution >= 4 is 6.03 Å². The van der Waals surface area contributed by atoms with Crippen LogP contribution in [0.4, 0.5) is 4.79 Å². The molecule has 3 heterocycles. The van der Waals surface area contributed by atoms with Crippen molar-refractivity contribution in [1.29, 1.82) is 0 Å². The average molecular weight is 419 g/mol. The molecule has 5 rings (SSSR count). The monoisotopic (exact) mass is 418 g/mol. The van der Waals surface area contributed by atoms with E-state index in [4.69, 9.17) is 0 Å². The smallest absolute Gasteiger partial charge is 0.315 e. The summed E-state index contributed by atoms with van der Waals surface area (Å²) in [5, 5.41) is 6.16. The zero-order valence-electron chi connectivity index (χ0n) is 18.3. The van der Waals surface area contributed by atoms with Gasteiger partial charge in [-0.1, -0.05) is 30.3 Å². The molecule has 1 saturated heterocycles. The first kappa shape index (κ1) is 20.5. The number of pyridine rings is 1. The fourth-order valence-electron chi connectivity index (χ4n) is 5.98. The van der Waals surface area contributed by atoms with E-state index in [1.54, 1.807) is 17.3 Å². The minimum Gasteiger partial charge on any atom is -0.338 e. The Morgan fingerprint density at radius 2 is 1.65 bits per heavy atom. The van der Waals surface area contributed by atoms with E-state index in [-0.39, 0.29) is 6.03 Å². The van der Waals surface area contributed by atoms with Gasteiger partial charge in [0, 0.05) is 43.0 Å². The van der Waals surface area contributed by atoms with Gasteiger partial charge < -0.3 is 10.6 Å². The molecule has 164 valence electrons. The lowest BCUT2D eigenvalue weighted by Gasteiger charge is -2.31. The van der Waals surface area contributed by atoms with Crippen LogP contribution in [0.2, 0.25) is 0 Å². The van der Waals surface area contributed by atoms with Crippen LogP contribution in [0.3, 0.4) is 0 Å². The van der Waals surface area contributed by atoms with Crippen molar-refractivity contribution in [3.05, 3.63) is 65.5 Å². The molecule has 2 N–H and O–H groups in total. The van der Waals surface area contributed by atoms with E-state index >= 15 is 0 Å². The van der Waals surface area contributed by atoms with Crippen molar-refractivity contribution in [2.24, 2.45) is 5.92 Å². The molecule has 2 fully saturated rings. The Labute approximate surface area is 185 Å². The first-order chi connectivity index (χ1) is 15.3. The molecule has 0 spiro atoms. The zero-order chi connectivity index (χ0) is 21.0. The third-order valence-electron chi connectivity index (χ3n) is 7.60. The molecule has 2 unspecified atom stereocenters. The number of benzene rings is 1. The Bertz CT molecular complexity index is 847. The fourth-order valence-corrected chi connectivity index (χ4v) is 5.98.